The number of thiophene rings is 1. The number of hydrogen-bond donors (Lipinski definition) is 2. The van der Waals surface area contributed by atoms with E-state index in [2.05, 4.69) is 41.6 Å². The van der Waals surface area contributed by atoms with Gasteiger partial charge in [-0.3, -0.25) is 4.99 Å². The predicted molar refractivity (Wildman–Crippen MR) is 85.5 cm³/mol. The summed E-state index contributed by atoms with van der Waals surface area (Å²) < 4.78 is 0. The lowest BCUT2D eigenvalue weighted by Crippen LogP contribution is -2.46. The van der Waals surface area contributed by atoms with Gasteiger partial charge in [-0.2, -0.15) is 0 Å². The van der Waals surface area contributed by atoms with Gasteiger partial charge in [0, 0.05) is 30.4 Å². The molecule has 20 heavy (non-hydrogen) atoms. The molecule has 1 saturated heterocycles. The van der Waals surface area contributed by atoms with Crippen molar-refractivity contribution in [2.24, 2.45) is 4.99 Å². The average molecular weight is 295 g/mol. The predicted octanol–water partition coefficient (Wildman–Crippen LogP) is 2.27. The zero-order chi connectivity index (χ0) is 14.4. The molecule has 1 unspecified atom stereocenters. The van der Waals surface area contributed by atoms with Crippen molar-refractivity contribution in [3.8, 4) is 0 Å². The van der Waals surface area contributed by atoms with Gasteiger partial charge in [0.2, 0.25) is 0 Å². The van der Waals surface area contributed by atoms with Gasteiger partial charge >= 0.3 is 0 Å². The summed E-state index contributed by atoms with van der Waals surface area (Å²) in [6.07, 6.45) is 1.54. The number of nitrogens with zero attached hydrogens (tertiary/aromatic N) is 2. The second-order valence-electron chi connectivity index (χ2n) is 5.33. The molecule has 0 radical (unpaired) electrons. The maximum Gasteiger partial charge on any atom is 0.193 e. The average Bonchev–Trinajstić information content (AvgIpc) is 2.98. The maximum atomic E-state index is 9.60. The summed E-state index contributed by atoms with van der Waals surface area (Å²) in [5, 5.41) is 15.1. The third-order valence-corrected chi connectivity index (χ3v) is 4.75. The molecular formula is C15H25N3OS. The monoisotopic (exact) mass is 295 g/mol. The van der Waals surface area contributed by atoms with E-state index in [1.807, 2.05) is 0 Å². The van der Waals surface area contributed by atoms with Crippen LogP contribution in [0.5, 0.6) is 0 Å². The quantitative estimate of drug-likeness (QED) is 0.662. The number of rotatable bonds is 4. The van der Waals surface area contributed by atoms with E-state index < -0.39 is 0 Å². The van der Waals surface area contributed by atoms with Gasteiger partial charge < -0.3 is 15.3 Å². The molecule has 0 saturated carbocycles. The first kappa shape index (κ1) is 15.3. The Hall–Kier alpha value is -1.07. The zero-order valence-electron chi connectivity index (χ0n) is 12.4. The topological polar surface area (TPSA) is 47.9 Å². The van der Waals surface area contributed by atoms with Crippen molar-refractivity contribution in [3.05, 3.63) is 22.4 Å². The highest BCUT2D eigenvalue weighted by Gasteiger charge is 2.19. The third kappa shape index (κ3) is 4.21. The largest absolute Gasteiger partial charge is 0.393 e. The van der Waals surface area contributed by atoms with Crippen molar-refractivity contribution in [3.63, 3.8) is 0 Å². The number of aliphatic hydroxyl groups is 1. The van der Waals surface area contributed by atoms with Crippen LogP contribution >= 0.6 is 11.3 Å². The van der Waals surface area contributed by atoms with Crippen molar-refractivity contribution >= 4 is 17.3 Å². The van der Waals surface area contributed by atoms with E-state index in [9.17, 15) is 5.11 Å². The van der Waals surface area contributed by atoms with Gasteiger partial charge in [0.25, 0.3) is 0 Å². The van der Waals surface area contributed by atoms with Crippen LogP contribution in [0.25, 0.3) is 0 Å². The summed E-state index contributed by atoms with van der Waals surface area (Å²) in [5.74, 6) is 1.45. The number of hydrogen-bond acceptors (Lipinski definition) is 3. The zero-order valence-corrected chi connectivity index (χ0v) is 13.2. The van der Waals surface area contributed by atoms with E-state index in [1.165, 1.54) is 4.88 Å². The normalized spacial score (nSPS) is 19.1. The Morgan fingerprint density at radius 3 is 2.90 bits per heavy atom. The first-order valence-electron chi connectivity index (χ1n) is 7.45. The fourth-order valence-electron chi connectivity index (χ4n) is 2.39. The molecular weight excluding hydrogens is 270 g/mol. The molecule has 1 atom stereocenters. The number of aliphatic hydroxyl groups excluding tert-OH is 1. The van der Waals surface area contributed by atoms with Crippen molar-refractivity contribution in [2.75, 3.05) is 26.2 Å². The summed E-state index contributed by atoms with van der Waals surface area (Å²) in [7, 11) is 0. The fraction of sp³-hybridized carbons (Fsp3) is 0.667. The first-order chi connectivity index (χ1) is 9.70. The highest BCUT2D eigenvalue weighted by molar-refractivity contribution is 7.10. The number of aliphatic imine (C=N–C) groups is 1. The van der Waals surface area contributed by atoms with Gasteiger partial charge in [-0.05, 0) is 31.2 Å². The van der Waals surface area contributed by atoms with Gasteiger partial charge in [0.1, 0.15) is 0 Å². The Bertz CT molecular complexity index is 411. The van der Waals surface area contributed by atoms with Crippen LogP contribution in [-0.4, -0.2) is 48.2 Å². The van der Waals surface area contributed by atoms with E-state index in [0.29, 0.717) is 5.92 Å². The van der Waals surface area contributed by atoms with E-state index in [-0.39, 0.29) is 6.10 Å². The van der Waals surface area contributed by atoms with Crippen LogP contribution in [0.2, 0.25) is 0 Å². The molecule has 0 bridgehead atoms. The minimum Gasteiger partial charge on any atom is -0.393 e. The van der Waals surface area contributed by atoms with E-state index >= 15 is 0 Å². The standard InChI is InChI=1S/C15H25N3OS/c1-3-16-15(18-8-6-13(19)7-9-18)17-11-12(2)14-5-4-10-20-14/h4-5,10,12-13,19H,3,6-9,11H2,1-2H3,(H,16,17). The van der Waals surface area contributed by atoms with Gasteiger partial charge in [-0.1, -0.05) is 13.0 Å². The van der Waals surface area contributed by atoms with Crippen LogP contribution in [-0.2, 0) is 0 Å². The molecule has 2 N–H and O–H groups in total. The molecule has 2 rings (SSSR count). The van der Waals surface area contributed by atoms with E-state index in [4.69, 9.17) is 4.99 Å². The maximum absolute atomic E-state index is 9.60. The van der Waals surface area contributed by atoms with Crippen LogP contribution in [0.3, 0.4) is 0 Å². The highest BCUT2D eigenvalue weighted by atomic mass is 32.1. The molecule has 2 heterocycles. The van der Waals surface area contributed by atoms with E-state index in [1.54, 1.807) is 11.3 Å². The number of nitrogens with one attached hydrogen (secondary N) is 1. The second-order valence-corrected chi connectivity index (χ2v) is 6.31. The fourth-order valence-corrected chi connectivity index (χ4v) is 3.17. The summed E-state index contributed by atoms with van der Waals surface area (Å²) in [6.45, 7) is 7.78. The smallest absolute Gasteiger partial charge is 0.193 e. The first-order valence-corrected chi connectivity index (χ1v) is 8.33. The van der Waals surface area contributed by atoms with Gasteiger partial charge in [-0.25, -0.2) is 0 Å². The van der Waals surface area contributed by atoms with Crippen LogP contribution in [0.1, 0.15) is 37.5 Å². The molecule has 1 fully saturated rings. The van der Waals surface area contributed by atoms with Gasteiger partial charge in [0.05, 0.1) is 12.6 Å². The molecule has 1 aliphatic heterocycles. The number of guanidine groups is 1. The highest BCUT2D eigenvalue weighted by Crippen LogP contribution is 2.21. The Kier molecular flexibility index (Phi) is 5.86. The Labute approximate surface area is 125 Å². The minimum absolute atomic E-state index is 0.140. The lowest BCUT2D eigenvalue weighted by molar-refractivity contribution is 0.108. The number of likely N-dealkylation sites (tertiary alicyclic amines) is 1. The molecule has 0 aromatic carbocycles. The minimum atomic E-state index is -0.140. The molecule has 5 heteroatoms. The van der Waals surface area contributed by atoms with Crippen molar-refractivity contribution in [1.82, 2.24) is 10.2 Å². The molecule has 1 aromatic rings. The van der Waals surface area contributed by atoms with Crippen LogP contribution in [0.15, 0.2) is 22.5 Å². The van der Waals surface area contributed by atoms with Gasteiger partial charge in [0.15, 0.2) is 5.96 Å². The molecule has 1 aromatic heterocycles. The van der Waals surface area contributed by atoms with Crippen molar-refractivity contribution < 1.29 is 5.11 Å². The van der Waals surface area contributed by atoms with Crippen molar-refractivity contribution in [2.45, 2.75) is 38.7 Å². The Morgan fingerprint density at radius 2 is 2.30 bits per heavy atom. The summed E-state index contributed by atoms with van der Waals surface area (Å²) >= 11 is 1.80. The van der Waals surface area contributed by atoms with Crippen molar-refractivity contribution in [1.29, 1.82) is 0 Å². The Balaban J connectivity index is 1.95. The molecule has 112 valence electrons. The lowest BCUT2D eigenvalue weighted by Gasteiger charge is -2.32. The van der Waals surface area contributed by atoms with Gasteiger partial charge in [-0.15, -0.1) is 11.3 Å². The van der Waals surface area contributed by atoms with E-state index in [0.717, 1.165) is 45.0 Å². The SMILES string of the molecule is CCNC(=NCC(C)c1cccs1)N1CCC(O)CC1. The van der Waals surface area contributed by atoms with Crippen LogP contribution < -0.4 is 5.32 Å². The van der Waals surface area contributed by atoms with Crippen LogP contribution in [0, 0.1) is 0 Å². The summed E-state index contributed by atoms with van der Waals surface area (Å²) in [5.41, 5.74) is 0. The summed E-state index contributed by atoms with van der Waals surface area (Å²) in [6, 6.07) is 4.27. The second kappa shape index (κ2) is 7.64. The van der Waals surface area contributed by atoms with Crippen LogP contribution in [0.4, 0.5) is 0 Å². The third-order valence-electron chi connectivity index (χ3n) is 3.64. The molecule has 0 amide bonds. The molecule has 1 aliphatic rings. The Morgan fingerprint density at radius 1 is 1.55 bits per heavy atom. The number of piperidine rings is 1. The molecule has 4 nitrogen and oxygen atoms in total. The molecule has 0 aliphatic carbocycles. The summed E-state index contributed by atoms with van der Waals surface area (Å²) in [4.78, 5) is 8.42. The lowest BCUT2D eigenvalue weighted by atomic mass is 10.1. The molecule has 0 spiro atoms.